The van der Waals surface area contributed by atoms with E-state index in [0.29, 0.717) is 23.4 Å². The fourth-order valence-corrected chi connectivity index (χ4v) is 7.46. The average molecular weight is 421 g/mol. The first kappa shape index (κ1) is 20.4. The topological polar surface area (TPSA) is 95.7 Å². The molecule has 0 spiro atoms. The molecule has 0 radical (unpaired) electrons. The van der Waals surface area contributed by atoms with Crippen molar-refractivity contribution in [3.8, 4) is 0 Å². The molecule has 2 fully saturated rings. The Labute approximate surface area is 183 Å². The second kappa shape index (κ2) is 7.27. The minimum absolute atomic E-state index is 0.117. The highest BCUT2D eigenvalue weighted by atomic mass is 16.1. The third-order valence-corrected chi connectivity index (χ3v) is 9.15. The molecule has 1 amide bonds. The number of amides is 1. The Hall–Kier alpha value is -2.53. The number of hydrogen-bond acceptors (Lipinski definition) is 3. The average Bonchev–Trinajstić information content (AvgIpc) is 3.37. The highest BCUT2D eigenvalue weighted by molar-refractivity contribution is 5.92. The lowest BCUT2D eigenvalue weighted by molar-refractivity contribution is -0.0127. The molecule has 1 heterocycles. The van der Waals surface area contributed by atoms with Crippen molar-refractivity contribution in [3.05, 3.63) is 46.4 Å². The van der Waals surface area contributed by atoms with Crippen molar-refractivity contribution >= 4 is 11.6 Å². The van der Waals surface area contributed by atoms with Gasteiger partial charge in [0, 0.05) is 35.3 Å². The van der Waals surface area contributed by atoms with Gasteiger partial charge in [0.15, 0.2) is 0 Å². The maximum atomic E-state index is 12.0. The number of nitrogens with one attached hydrogen (secondary N) is 1. The quantitative estimate of drug-likeness (QED) is 0.309. The fourth-order valence-electron chi connectivity index (χ4n) is 7.46. The molecule has 4 aliphatic carbocycles. The molecule has 4 aliphatic rings. The molecule has 5 rings (SSSR count). The molecular weight excluding hydrogens is 388 g/mol. The van der Waals surface area contributed by atoms with Crippen molar-refractivity contribution < 1.29 is 4.79 Å². The summed E-state index contributed by atoms with van der Waals surface area (Å²) in [6.45, 7) is 4.89. The standard InChI is InChI=1S/C24H32N6O/c1-23-10-8-16(28-29-25)12-15(23)4-5-17-18-6-7-21(24(18,2)11-9-19(17)23)30-13-20(27-14-30)22(31)26-3/h4,7,13-14,16-19H,5-6,8-12H2,1-3H3,(H,26,31)/t16-,17?,18?,19?,23-,24-/m0/s1. The van der Waals surface area contributed by atoms with Crippen molar-refractivity contribution in [2.75, 3.05) is 7.05 Å². The molecule has 31 heavy (non-hydrogen) atoms. The summed E-state index contributed by atoms with van der Waals surface area (Å²) in [7, 11) is 1.64. The van der Waals surface area contributed by atoms with Crippen molar-refractivity contribution in [2.24, 2.45) is 33.7 Å². The number of hydrogen-bond donors (Lipinski definition) is 1. The summed E-state index contributed by atoms with van der Waals surface area (Å²) >= 11 is 0. The lowest BCUT2D eigenvalue weighted by atomic mass is 9.47. The summed E-state index contributed by atoms with van der Waals surface area (Å²) in [6.07, 6.45) is 16.3. The van der Waals surface area contributed by atoms with Gasteiger partial charge in [-0.3, -0.25) is 4.79 Å². The Morgan fingerprint density at radius 1 is 1.23 bits per heavy atom. The minimum atomic E-state index is -0.142. The Kier molecular flexibility index (Phi) is 4.78. The number of allylic oxidation sites excluding steroid dienone is 3. The number of nitrogens with zero attached hydrogens (tertiary/aromatic N) is 5. The molecule has 7 heteroatoms. The van der Waals surface area contributed by atoms with Gasteiger partial charge in [-0.2, -0.15) is 0 Å². The first-order chi connectivity index (χ1) is 14.9. The highest BCUT2D eigenvalue weighted by Crippen LogP contribution is 2.65. The largest absolute Gasteiger partial charge is 0.354 e. The zero-order valence-corrected chi connectivity index (χ0v) is 18.7. The zero-order valence-electron chi connectivity index (χ0n) is 18.7. The normalized spacial score (nSPS) is 38.7. The van der Waals surface area contributed by atoms with Gasteiger partial charge in [-0.1, -0.05) is 36.7 Å². The van der Waals surface area contributed by atoms with Gasteiger partial charge < -0.3 is 9.88 Å². The molecule has 1 aromatic heterocycles. The van der Waals surface area contributed by atoms with E-state index in [1.54, 1.807) is 13.4 Å². The van der Waals surface area contributed by atoms with Gasteiger partial charge in [-0.25, -0.2) is 4.98 Å². The number of carbonyl (C=O) groups excluding carboxylic acids is 1. The van der Waals surface area contributed by atoms with E-state index in [4.69, 9.17) is 5.53 Å². The van der Waals surface area contributed by atoms with Gasteiger partial charge in [-0.05, 0) is 73.6 Å². The van der Waals surface area contributed by atoms with E-state index in [1.807, 2.05) is 6.20 Å². The predicted molar refractivity (Wildman–Crippen MR) is 120 cm³/mol. The molecule has 3 unspecified atom stereocenters. The second-order valence-electron chi connectivity index (χ2n) is 10.4. The van der Waals surface area contributed by atoms with Crippen LogP contribution in [0.25, 0.3) is 16.1 Å². The van der Waals surface area contributed by atoms with Crippen LogP contribution in [0.3, 0.4) is 0 Å². The maximum absolute atomic E-state index is 12.0. The third kappa shape index (κ3) is 2.97. The van der Waals surface area contributed by atoms with Gasteiger partial charge in [0.1, 0.15) is 5.69 Å². The number of aromatic nitrogens is 2. The van der Waals surface area contributed by atoms with Crippen LogP contribution in [0.15, 0.2) is 35.4 Å². The summed E-state index contributed by atoms with van der Waals surface area (Å²) in [5.41, 5.74) is 12.6. The number of rotatable bonds is 3. The van der Waals surface area contributed by atoms with Crippen LogP contribution in [0, 0.1) is 28.6 Å². The Morgan fingerprint density at radius 3 is 2.81 bits per heavy atom. The zero-order chi connectivity index (χ0) is 21.8. The van der Waals surface area contributed by atoms with E-state index in [2.05, 4.69) is 50.9 Å². The van der Waals surface area contributed by atoms with Crippen molar-refractivity contribution in [1.82, 2.24) is 14.9 Å². The molecule has 1 N–H and O–H groups in total. The molecule has 7 nitrogen and oxygen atoms in total. The van der Waals surface area contributed by atoms with Crippen LogP contribution >= 0.6 is 0 Å². The molecule has 0 bridgehead atoms. The van der Waals surface area contributed by atoms with E-state index in [1.165, 1.54) is 24.1 Å². The van der Waals surface area contributed by atoms with Crippen LogP contribution < -0.4 is 5.32 Å². The molecule has 0 aromatic carbocycles. The molecule has 2 saturated carbocycles. The summed E-state index contributed by atoms with van der Waals surface area (Å²) in [4.78, 5) is 19.4. The maximum Gasteiger partial charge on any atom is 0.271 e. The van der Waals surface area contributed by atoms with Crippen LogP contribution in [0.4, 0.5) is 0 Å². The second-order valence-corrected chi connectivity index (χ2v) is 10.4. The van der Waals surface area contributed by atoms with Crippen molar-refractivity contribution in [1.29, 1.82) is 0 Å². The van der Waals surface area contributed by atoms with Gasteiger partial charge in [0.25, 0.3) is 5.91 Å². The van der Waals surface area contributed by atoms with E-state index < -0.39 is 0 Å². The molecule has 164 valence electrons. The van der Waals surface area contributed by atoms with Gasteiger partial charge in [-0.15, -0.1) is 0 Å². The number of carbonyl (C=O) groups is 1. The number of imidazole rings is 1. The van der Waals surface area contributed by atoms with Crippen LogP contribution in [-0.2, 0) is 0 Å². The van der Waals surface area contributed by atoms with E-state index in [0.717, 1.165) is 32.1 Å². The molecule has 1 aromatic rings. The first-order valence-corrected chi connectivity index (χ1v) is 11.6. The molecule has 6 atom stereocenters. The van der Waals surface area contributed by atoms with E-state index >= 15 is 0 Å². The highest BCUT2D eigenvalue weighted by Gasteiger charge is 2.57. The lowest BCUT2D eigenvalue weighted by Crippen LogP contribution is -2.49. The number of fused-ring (bicyclic) bond motifs is 5. The van der Waals surface area contributed by atoms with E-state index in [9.17, 15) is 4.79 Å². The smallest absolute Gasteiger partial charge is 0.271 e. The SMILES string of the molecule is CNC(=O)c1cn(C2=CCC3C4CC=C5C[C@@H](N=[N+]=[N-])CC[C@]5(C)C4CC[C@]23C)cn1. The molecule has 0 aliphatic heterocycles. The van der Waals surface area contributed by atoms with Crippen molar-refractivity contribution in [3.63, 3.8) is 0 Å². The van der Waals surface area contributed by atoms with Gasteiger partial charge in [0.2, 0.25) is 0 Å². The Balaban J connectivity index is 1.41. The summed E-state index contributed by atoms with van der Waals surface area (Å²) in [5.74, 6) is 1.86. The Morgan fingerprint density at radius 2 is 2.03 bits per heavy atom. The first-order valence-electron chi connectivity index (χ1n) is 11.6. The summed E-state index contributed by atoms with van der Waals surface area (Å²) in [6, 6.07) is 0.130. The molecule has 0 saturated heterocycles. The van der Waals surface area contributed by atoms with Gasteiger partial charge >= 0.3 is 0 Å². The summed E-state index contributed by atoms with van der Waals surface area (Å²) < 4.78 is 2.09. The lowest BCUT2D eigenvalue weighted by Gasteiger charge is -2.57. The Bertz CT molecular complexity index is 1020. The van der Waals surface area contributed by atoms with Crippen molar-refractivity contribution in [2.45, 2.75) is 64.8 Å². The number of azide groups is 1. The van der Waals surface area contributed by atoms with Gasteiger partial charge in [0.05, 0.1) is 6.33 Å². The van der Waals surface area contributed by atoms with Crippen LogP contribution in [0.5, 0.6) is 0 Å². The third-order valence-electron chi connectivity index (χ3n) is 9.15. The predicted octanol–water partition coefficient (Wildman–Crippen LogP) is 5.34. The van der Waals surface area contributed by atoms with Crippen LogP contribution in [0.2, 0.25) is 0 Å². The van der Waals surface area contributed by atoms with E-state index in [-0.39, 0.29) is 22.8 Å². The minimum Gasteiger partial charge on any atom is -0.354 e. The fraction of sp³-hybridized carbons (Fsp3) is 0.667. The molecular formula is C24H32N6O. The monoisotopic (exact) mass is 420 g/mol. The van der Waals surface area contributed by atoms with Crippen LogP contribution in [0.1, 0.15) is 69.3 Å². The van der Waals surface area contributed by atoms with Crippen LogP contribution in [-0.4, -0.2) is 28.5 Å². The summed E-state index contributed by atoms with van der Waals surface area (Å²) in [5, 5.41) is 6.69.